The van der Waals surface area contributed by atoms with Crippen LogP contribution in [0.1, 0.15) is 18.4 Å². The first-order chi connectivity index (χ1) is 9.92. The van der Waals surface area contributed by atoms with Gasteiger partial charge >= 0.3 is 0 Å². The Bertz CT molecular complexity index is 688. The van der Waals surface area contributed by atoms with Crippen molar-refractivity contribution >= 4 is 21.8 Å². The Hall–Kier alpha value is -1.07. The number of sulfonamides is 1. The minimum atomic E-state index is -3.72. The Labute approximate surface area is 128 Å². The molecule has 1 aliphatic rings. The van der Waals surface area contributed by atoms with Crippen LogP contribution in [-0.4, -0.2) is 37.7 Å². The van der Waals surface area contributed by atoms with Crippen molar-refractivity contribution in [3.05, 3.63) is 29.6 Å². The van der Waals surface area contributed by atoms with Crippen molar-refractivity contribution in [2.24, 2.45) is 0 Å². The molecule has 0 aliphatic heterocycles. The molecule has 0 bridgehead atoms. The average Bonchev–Trinajstić information content (AvgIpc) is 3.25. The van der Waals surface area contributed by atoms with Gasteiger partial charge in [0.15, 0.2) is 0 Å². The molecule has 1 aliphatic carbocycles. The van der Waals surface area contributed by atoms with Gasteiger partial charge in [0.25, 0.3) is 0 Å². The topological polar surface area (TPSA) is 66.4 Å². The van der Waals surface area contributed by atoms with Gasteiger partial charge in [-0.15, -0.1) is 0 Å². The summed E-state index contributed by atoms with van der Waals surface area (Å²) in [4.78, 5) is -0.119. The molecule has 1 aromatic carbocycles. The average molecular weight is 329 g/mol. The normalized spacial score (nSPS) is 16.1. The molecule has 0 amide bonds. The van der Waals surface area contributed by atoms with Crippen molar-refractivity contribution < 1.29 is 17.9 Å². The van der Waals surface area contributed by atoms with Crippen molar-refractivity contribution in [3.8, 4) is 11.8 Å². The van der Waals surface area contributed by atoms with E-state index in [1.54, 1.807) is 11.8 Å². The van der Waals surface area contributed by atoms with Gasteiger partial charge in [-0.1, -0.05) is 11.8 Å². The number of aliphatic hydroxyl groups is 1. The maximum atomic E-state index is 13.8. The number of halogens is 1. The Morgan fingerprint density at radius 2 is 2.19 bits per heavy atom. The first-order valence-corrected chi connectivity index (χ1v) is 9.07. The van der Waals surface area contributed by atoms with Gasteiger partial charge in [0, 0.05) is 11.3 Å². The number of thioether (sulfide) groups is 1. The molecule has 1 fully saturated rings. The molecule has 0 radical (unpaired) electrons. The lowest BCUT2D eigenvalue weighted by Gasteiger charge is -2.13. The summed E-state index contributed by atoms with van der Waals surface area (Å²) in [5, 5.41) is 8.57. The third-order valence-electron chi connectivity index (χ3n) is 3.38. The van der Waals surface area contributed by atoms with Crippen LogP contribution >= 0.6 is 11.8 Å². The summed E-state index contributed by atoms with van der Waals surface area (Å²) in [5.41, 5.74) is 0.0609. The molecule has 7 heteroatoms. The highest BCUT2D eigenvalue weighted by Crippen LogP contribution is 2.46. The summed E-state index contributed by atoms with van der Waals surface area (Å²) in [6.07, 6.45) is 3.93. The van der Waals surface area contributed by atoms with E-state index in [-0.39, 0.29) is 21.8 Å². The number of nitrogens with one attached hydrogen (secondary N) is 1. The van der Waals surface area contributed by atoms with E-state index in [0.29, 0.717) is 6.54 Å². The molecule has 0 spiro atoms. The van der Waals surface area contributed by atoms with Crippen molar-refractivity contribution in [2.75, 3.05) is 19.4 Å². The first kappa shape index (κ1) is 16.3. The van der Waals surface area contributed by atoms with Crippen LogP contribution in [-0.2, 0) is 10.0 Å². The van der Waals surface area contributed by atoms with Gasteiger partial charge in [-0.25, -0.2) is 17.5 Å². The Balaban J connectivity index is 2.15. The zero-order chi connectivity index (χ0) is 15.5. The number of hydrogen-bond donors (Lipinski definition) is 2. The molecule has 4 nitrogen and oxygen atoms in total. The smallest absolute Gasteiger partial charge is 0.240 e. The van der Waals surface area contributed by atoms with E-state index < -0.39 is 15.8 Å². The molecule has 0 atom stereocenters. The van der Waals surface area contributed by atoms with E-state index >= 15 is 0 Å². The van der Waals surface area contributed by atoms with Gasteiger partial charge in [-0.05, 0) is 37.3 Å². The predicted octanol–water partition coefficient (Wildman–Crippen LogP) is 1.34. The van der Waals surface area contributed by atoms with Crippen molar-refractivity contribution in [3.63, 3.8) is 0 Å². The lowest BCUT2D eigenvalue weighted by atomic mass is 10.2. The molecule has 21 heavy (non-hydrogen) atoms. The van der Waals surface area contributed by atoms with E-state index in [9.17, 15) is 12.8 Å². The summed E-state index contributed by atoms with van der Waals surface area (Å²) in [6, 6.07) is 3.56. The summed E-state index contributed by atoms with van der Waals surface area (Å²) in [7, 11) is -3.72. The SMILES string of the molecule is CSC1(CNS(=O)(=O)c2ccc(C#CCO)c(F)c2)CC1. The molecular formula is C14H16FNO3S2. The quantitative estimate of drug-likeness (QED) is 0.800. The molecule has 2 rings (SSSR count). The maximum Gasteiger partial charge on any atom is 0.240 e. The van der Waals surface area contributed by atoms with Crippen molar-refractivity contribution in [2.45, 2.75) is 22.5 Å². The maximum absolute atomic E-state index is 13.8. The third-order valence-corrected chi connectivity index (χ3v) is 6.20. The van der Waals surface area contributed by atoms with Gasteiger partial charge in [-0.3, -0.25) is 0 Å². The molecule has 1 saturated carbocycles. The molecule has 0 unspecified atom stereocenters. The first-order valence-electron chi connectivity index (χ1n) is 6.36. The highest BCUT2D eigenvalue weighted by molar-refractivity contribution is 8.00. The molecule has 2 N–H and O–H groups in total. The second-order valence-electron chi connectivity index (χ2n) is 4.81. The van der Waals surface area contributed by atoms with E-state index in [1.807, 2.05) is 6.26 Å². The monoisotopic (exact) mass is 329 g/mol. The fourth-order valence-electron chi connectivity index (χ4n) is 1.80. The second kappa shape index (κ2) is 6.36. The molecule has 0 saturated heterocycles. The summed E-state index contributed by atoms with van der Waals surface area (Å²) >= 11 is 1.65. The molecule has 0 heterocycles. The molecule has 0 aromatic heterocycles. The molecule has 1 aromatic rings. The summed E-state index contributed by atoms with van der Waals surface area (Å²) in [6.45, 7) is -0.0258. The zero-order valence-corrected chi connectivity index (χ0v) is 13.2. The summed E-state index contributed by atoms with van der Waals surface area (Å²) in [5.74, 6) is 4.03. The lowest BCUT2D eigenvalue weighted by Crippen LogP contribution is -2.31. The van der Waals surface area contributed by atoms with Crippen LogP contribution in [0.3, 0.4) is 0 Å². The van der Waals surface area contributed by atoms with Crippen LogP contribution < -0.4 is 4.72 Å². The number of aliphatic hydroxyl groups excluding tert-OH is 1. The number of rotatable bonds is 5. The lowest BCUT2D eigenvalue weighted by molar-refractivity contribution is 0.350. The van der Waals surface area contributed by atoms with Crippen LogP contribution in [0.25, 0.3) is 0 Å². The fraction of sp³-hybridized carbons (Fsp3) is 0.429. The van der Waals surface area contributed by atoms with Gasteiger partial charge < -0.3 is 5.11 Å². The van der Waals surface area contributed by atoms with Crippen molar-refractivity contribution in [1.29, 1.82) is 0 Å². The van der Waals surface area contributed by atoms with Crippen LogP contribution in [0.4, 0.5) is 4.39 Å². The predicted molar refractivity (Wildman–Crippen MR) is 81.0 cm³/mol. The second-order valence-corrected chi connectivity index (χ2v) is 7.85. The Kier molecular flexibility index (Phi) is 4.94. The highest BCUT2D eigenvalue weighted by Gasteiger charge is 2.42. The van der Waals surface area contributed by atoms with Gasteiger partial charge in [0.2, 0.25) is 10.0 Å². The van der Waals surface area contributed by atoms with Crippen LogP contribution in [0.15, 0.2) is 23.1 Å². The Morgan fingerprint density at radius 3 is 2.71 bits per heavy atom. The van der Waals surface area contributed by atoms with Gasteiger partial charge in [0.1, 0.15) is 12.4 Å². The van der Waals surface area contributed by atoms with Crippen LogP contribution in [0.5, 0.6) is 0 Å². The minimum Gasteiger partial charge on any atom is -0.384 e. The third kappa shape index (κ3) is 3.98. The standard InChI is InChI=1S/C14H16FNO3S2/c1-20-14(6-7-14)10-16-21(18,19)12-5-4-11(3-2-8-17)13(15)9-12/h4-5,9,16-17H,6-8,10H2,1H3. The summed E-state index contributed by atoms with van der Waals surface area (Å²) < 4.78 is 40.6. The number of hydrogen-bond acceptors (Lipinski definition) is 4. The zero-order valence-electron chi connectivity index (χ0n) is 11.5. The van der Waals surface area contributed by atoms with Gasteiger partial charge in [0.05, 0.1) is 10.5 Å². The van der Waals surface area contributed by atoms with Crippen molar-refractivity contribution in [1.82, 2.24) is 4.72 Å². The van der Waals surface area contributed by atoms with E-state index in [2.05, 4.69) is 16.6 Å². The largest absolute Gasteiger partial charge is 0.384 e. The fourth-order valence-corrected chi connectivity index (χ4v) is 3.76. The van der Waals surface area contributed by atoms with E-state index in [1.165, 1.54) is 12.1 Å². The number of benzene rings is 1. The molecular weight excluding hydrogens is 313 g/mol. The van der Waals surface area contributed by atoms with Crippen LogP contribution in [0, 0.1) is 17.7 Å². The van der Waals surface area contributed by atoms with Crippen LogP contribution in [0.2, 0.25) is 0 Å². The molecule has 114 valence electrons. The van der Waals surface area contributed by atoms with E-state index in [4.69, 9.17) is 5.11 Å². The Morgan fingerprint density at radius 1 is 1.48 bits per heavy atom. The minimum absolute atomic E-state index is 0.00183. The van der Waals surface area contributed by atoms with E-state index in [0.717, 1.165) is 18.9 Å². The highest BCUT2D eigenvalue weighted by atomic mass is 32.2. The van der Waals surface area contributed by atoms with Gasteiger partial charge in [-0.2, -0.15) is 11.8 Å².